The molecule has 0 radical (unpaired) electrons. The highest BCUT2D eigenvalue weighted by atomic mass is 16.5. The number of amides is 2. The summed E-state index contributed by atoms with van der Waals surface area (Å²) in [6.07, 6.45) is 3.54. The molecule has 4 rings (SSSR count). The van der Waals surface area contributed by atoms with Gasteiger partial charge in [0, 0.05) is 32.7 Å². The van der Waals surface area contributed by atoms with Crippen LogP contribution in [0, 0.1) is 17.8 Å². The molecule has 2 amide bonds. The van der Waals surface area contributed by atoms with Crippen LogP contribution in [0.1, 0.15) is 26.2 Å². The Hall–Kier alpha value is -1.18. The number of likely N-dealkylation sites (tertiary alicyclic amines) is 1. The second-order valence-corrected chi connectivity index (χ2v) is 8.68. The fourth-order valence-corrected chi connectivity index (χ4v) is 4.24. The number of hydrogen-bond acceptors (Lipinski definition) is 5. The first kappa shape index (κ1) is 18.2. The van der Waals surface area contributed by atoms with Gasteiger partial charge < -0.3 is 19.7 Å². The SMILES string of the molecule is COCCNC(=O)[C@@H]1COC2(CN(C(=O)[C@H]3C[C@H]3C)C2)CN1CC1CC1. The molecule has 2 heterocycles. The number of ether oxygens (including phenoxy) is 2. The van der Waals surface area contributed by atoms with E-state index in [1.165, 1.54) is 12.8 Å². The predicted molar refractivity (Wildman–Crippen MR) is 95.5 cm³/mol. The van der Waals surface area contributed by atoms with Gasteiger partial charge in [0.15, 0.2) is 0 Å². The number of carbonyl (C=O) groups excluding carboxylic acids is 2. The zero-order valence-electron chi connectivity index (χ0n) is 15.9. The van der Waals surface area contributed by atoms with Crippen LogP contribution in [0.5, 0.6) is 0 Å². The van der Waals surface area contributed by atoms with E-state index in [-0.39, 0.29) is 23.5 Å². The van der Waals surface area contributed by atoms with Crippen molar-refractivity contribution in [2.45, 2.75) is 37.8 Å². The molecule has 0 aromatic rings. The van der Waals surface area contributed by atoms with E-state index < -0.39 is 0 Å². The van der Waals surface area contributed by atoms with Gasteiger partial charge in [0.1, 0.15) is 11.6 Å². The number of morpholine rings is 1. The minimum absolute atomic E-state index is 0.0246. The molecule has 7 heteroatoms. The molecule has 146 valence electrons. The van der Waals surface area contributed by atoms with Gasteiger partial charge in [0.25, 0.3) is 0 Å². The molecule has 1 N–H and O–H groups in total. The molecule has 2 saturated heterocycles. The summed E-state index contributed by atoms with van der Waals surface area (Å²) in [5, 5.41) is 2.95. The van der Waals surface area contributed by atoms with Crippen molar-refractivity contribution in [3.05, 3.63) is 0 Å². The van der Waals surface area contributed by atoms with Crippen LogP contribution in [0.15, 0.2) is 0 Å². The summed E-state index contributed by atoms with van der Waals surface area (Å²) in [4.78, 5) is 29.2. The van der Waals surface area contributed by atoms with Gasteiger partial charge in [-0.2, -0.15) is 0 Å². The molecule has 0 unspecified atom stereocenters. The average Bonchev–Trinajstić information content (AvgIpc) is 3.50. The van der Waals surface area contributed by atoms with Crippen molar-refractivity contribution in [2.75, 3.05) is 53.0 Å². The Kier molecular flexibility index (Phi) is 4.96. The molecule has 0 aromatic heterocycles. The van der Waals surface area contributed by atoms with Crippen LogP contribution in [0.2, 0.25) is 0 Å². The van der Waals surface area contributed by atoms with Gasteiger partial charge >= 0.3 is 0 Å². The molecule has 3 atom stereocenters. The summed E-state index contributed by atoms with van der Waals surface area (Å²) in [5.41, 5.74) is -0.272. The monoisotopic (exact) mass is 365 g/mol. The summed E-state index contributed by atoms with van der Waals surface area (Å²) in [6.45, 7) is 6.64. The van der Waals surface area contributed by atoms with E-state index in [9.17, 15) is 9.59 Å². The molecule has 4 fully saturated rings. The fraction of sp³-hybridized carbons (Fsp3) is 0.895. The molecule has 2 aliphatic heterocycles. The molecule has 0 aromatic carbocycles. The van der Waals surface area contributed by atoms with Crippen LogP contribution < -0.4 is 5.32 Å². The normalized spacial score (nSPS) is 33.0. The van der Waals surface area contributed by atoms with Gasteiger partial charge in [-0.1, -0.05) is 6.92 Å². The first-order chi connectivity index (χ1) is 12.5. The molecule has 2 saturated carbocycles. The Morgan fingerprint density at radius 2 is 2.00 bits per heavy atom. The van der Waals surface area contributed by atoms with Crippen LogP contribution in [0.3, 0.4) is 0 Å². The molecule has 2 aliphatic carbocycles. The highest BCUT2D eigenvalue weighted by Gasteiger charge is 2.55. The van der Waals surface area contributed by atoms with Gasteiger partial charge in [-0.05, 0) is 31.1 Å². The van der Waals surface area contributed by atoms with Crippen LogP contribution >= 0.6 is 0 Å². The third kappa shape index (κ3) is 3.75. The summed E-state index contributed by atoms with van der Waals surface area (Å²) in [7, 11) is 1.63. The third-order valence-electron chi connectivity index (χ3n) is 6.27. The maximum Gasteiger partial charge on any atom is 0.239 e. The Morgan fingerprint density at radius 3 is 2.62 bits per heavy atom. The predicted octanol–water partition coefficient (Wildman–Crippen LogP) is 0.0968. The van der Waals surface area contributed by atoms with Crippen LogP contribution in [0.25, 0.3) is 0 Å². The van der Waals surface area contributed by atoms with Gasteiger partial charge in [-0.25, -0.2) is 0 Å². The van der Waals surface area contributed by atoms with Crippen molar-refractivity contribution in [3.63, 3.8) is 0 Å². The highest BCUT2D eigenvalue weighted by molar-refractivity contribution is 5.83. The van der Waals surface area contributed by atoms with Gasteiger partial charge in [-0.15, -0.1) is 0 Å². The van der Waals surface area contributed by atoms with Crippen LogP contribution in [0.4, 0.5) is 0 Å². The number of nitrogens with zero attached hydrogens (tertiary/aromatic N) is 2. The summed E-state index contributed by atoms with van der Waals surface area (Å²) >= 11 is 0. The van der Waals surface area contributed by atoms with Crippen molar-refractivity contribution in [3.8, 4) is 0 Å². The molecular formula is C19H31N3O4. The highest BCUT2D eigenvalue weighted by Crippen LogP contribution is 2.42. The minimum atomic E-state index is -0.272. The number of hydrogen-bond donors (Lipinski definition) is 1. The molecule has 0 bridgehead atoms. The topological polar surface area (TPSA) is 71.1 Å². The third-order valence-corrected chi connectivity index (χ3v) is 6.27. The second kappa shape index (κ2) is 7.09. The Labute approximate surface area is 155 Å². The first-order valence-electron chi connectivity index (χ1n) is 9.95. The lowest BCUT2D eigenvalue weighted by molar-refractivity contribution is -0.205. The van der Waals surface area contributed by atoms with E-state index in [2.05, 4.69) is 17.1 Å². The first-order valence-corrected chi connectivity index (χ1v) is 9.95. The Bertz CT molecular complexity index is 559. The van der Waals surface area contributed by atoms with Crippen molar-refractivity contribution >= 4 is 11.8 Å². The maximum absolute atomic E-state index is 12.6. The van der Waals surface area contributed by atoms with Crippen molar-refractivity contribution in [2.24, 2.45) is 17.8 Å². The number of methoxy groups -OCH3 is 1. The molecule has 4 aliphatic rings. The Morgan fingerprint density at radius 1 is 1.27 bits per heavy atom. The van der Waals surface area contributed by atoms with Crippen LogP contribution in [-0.2, 0) is 19.1 Å². The molecule has 7 nitrogen and oxygen atoms in total. The molecular weight excluding hydrogens is 334 g/mol. The molecule has 1 spiro atoms. The number of rotatable bonds is 7. The lowest BCUT2D eigenvalue weighted by atomic mass is 9.89. The van der Waals surface area contributed by atoms with Gasteiger partial charge in [0.05, 0.1) is 26.3 Å². The maximum atomic E-state index is 12.6. The molecule has 26 heavy (non-hydrogen) atoms. The second-order valence-electron chi connectivity index (χ2n) is 8.68. The van der Waals surface area contributed by atoms with E-state index in [0.29, 0.717) is 50.6 Å². The van der Waals surface area contributed by atoms with E-state index in [1.807, 2.05) is 4.90 Å². The smallest absolute Gasteiger partial charge is 0.239 e. The Balaban J connectivity index is 1.33. The fourth-order valence-electron chi connectivity index (χ4n) is 4.24. The van der Waals surface area contributed by atoms with Crippen molar-refractivity contribution < 1.29 is 19.1 Å². The van der Waals surface area contributed by atoms with Crippen molar-refractivity contribution in [1.82, 2.24) is 15.1 Å². The largest absolute Gasteiger partial charge is 0.383 e. The minimum Gasteiger partial charge on any atom is -0.383 e. The van der Waals surface area contributed by atoms with Gasteiger partial charge in [0.2, 0.25) is 11.8 Å². The van der Waals surface area contributed by atoms with E-state index in [4.69, 9.17) is 9.47 Å². The standard InChI is InChI=1S/C19H31N3O4/c1-13-7-15(13)18(24)22-11-19(12-22)10-21(8-14-3-4-14)16(9-26-19)17(23)20-5-6-25-2/h13-16H,3-12H2,1-2H3,(H,20,23)/t13-,15+,16+/m1/s1. The number of nitrogens with one attached hydrogen (secondary N) is 1. The average molecular weight is 365 g/mol. The zero-order valence-corrected chi connectivity index (χ0v) is 15.9. The lowest BCUT2D eigenvalue weighted by Gasteiger charge is -2.55. The van der Waals surface area contributed by atoms with Gasteiger partial charge in [-0.3, -0.25) is 14.5 Å². The lowest BCUT2D eigenvalue weighted by Crippen LogP contribution is -2.74. The number of carbonyl (C=O) groups is 2. The summed E-state index contributed by atoms with van der Waals surface area (Å²) in [6, 6.07) is -0.230. The summed E-state index contributed by atoms with van der Waals surface area (Å²) in [5.74, 6) is 1.80. The summed E-state index contributed by atoms with van der Waals surface area (Å²) < 4.78 is 11.2. The van der Waals surface area contributed by atoms with E-state index in [1.54, 1.807) is 7.11 Å². The van der Waals surface area contributed by atoms with Crippen LogP contribution in [-0.4, -0.2) is 86.3 Å². The van der Waals surface area contributed by atoms with E-state index >= 15 is 0 Å². The zero-order chi connectivity index (χ0) is 18.3. The quantitative estimate of drug-likeness (QED) is 0.648. The van der Waals surface area contributed by atoms with Crippen molar-refractivity contribution in [1.29, 1.82) is 0 Å². The van der Waals surface area contributed by atoms with E-state index in [0.717, 1.165) is 19.5 Å².